The Hall–Kier alpha value is -3.69. The molecule has 4 rings (SSSR count). The molecule has 2 aliphatic heterocycles. The zero-order valence-corrected chi connectivity index (χ0v) is 18.3. The lowest BCUT2D eigenvalue weighted by Gasteiger charge is -2.49. The molecule has 1 aromatic heterocycles. The molecule has 174 valence electrons. The Labute approximate surface area is 188 Å². The Morgan fingerprint density at radius 3 is 2.73 bits per heavy atom. The van der Waals surface area contributed by atoms with Crippen molar-refractivity contribution in [2.75, 3.05) is 18.1 Å². The van der Waals surface area contributed by atoms with Crippen molar-refractivity contribution in [2.45, 2.75) is 39.4 Å². The second kappa shape index (κ2) is 8.34. The lowest BCUT2D eigenvalue weighted by atomic mass is 10.0. The summed E-state index contributed by atoms with van der Waals surface area (Å²) in [6.45, 7) is 7.72. The van der Waals surface area contributed by atoms with Gasteiger partial charge >= 0.3 is 0 Å². The molecular weight excluding hydrogens is 434 g/mol. The number of piperidine rings is 1. The van der Waals surface area contributed by atoms with Crippen molar-refractivity contribution in [3.05, 3.63) is 74.7 Å². The number of hydrogen-bond donors (Lipinski definition) is 2. The van der Waals surface area contributed by atoms with Crippen LogP contribution in [0.2, 0.25) is 0 Å². The molecule has 0 saturated carbocycles. The SMILES string of the molecule is C=C1CCCN2[C@@H]1N(CC)C(=O)c1c(O)c(=O)c(C(=O)NCc3ccc(F)c(C)c3F)cn12. The molecule has 33 heavy (non-hydrogen) atoms. The molecule has 2 aromatic rings. The van der Waals surface area contributed by atoms with E-state index in [0.717, 1.165) is 24.5 Å². The number of nitrogens with zero attached hydrogens (tertiary/aromatic N) is 3. The van der Waals surface area contributed by atoms with E-state index in [1.807, 2.05) is 0 Å². The third-order valence-corrected chi connectivity index (χ3v) is 6.16. The normalized spacial score (nSPS) is 17.6. The quantitative estimate of drug-likeness (QED) is 0.685. The number of halogens is 2. The van der Waals surface area contributed by atoms with Crippen LogP contribution < -0.4 is 15.8 Å². The van der Waals surface area contributed by atoms with E-state index in [9.17, 15) is 28.3 Å². The molecule has 0 bridgehead atoms. The van der Waals surface area contributed by atoms with Gasteiger partial charge in [0.25, 0.3) is 11.8 Å². The average molecular weight is 458 g/mol. The maximum Gasteiger partial charge on any atom is 0.278 e. The molecule has 0 radical (unpaired) electrons. The molecular formula is C23H24F2N4O4. The molecule has 0 unspecified atom stereocenters. The predicted octanol–water partition coefficient (Wildman–Crippen LogP) is 2.16. The molecule has 2 amide bonds. The summed E-state index contributed by atoms with van der Waals surface area (Å²) in [7, 11) is 0. The zero-order chi connectivity index (χ0) is 24.0. The second-order valence-electron chi connectivity index (χ2n) is 8.13. The molecule has 1 aromatic carbocycles. The van der Waals surface area contributed by atoms with E-state index in [1.165, 1.54) is 28.8 Å². The Kier molecular flexibility index (Phi) is 5.69. The highest BCUT2D eigenvalue weighted by Crippen LogP contribution is 2.31. The maximum atomic E-state index is 14.3. The number of amides is 2. The van der Waals surface area contributed by atoms with Gasteiger partial charge in [-0.05, 0) is 38.3 Å². The summed E-state index contributed by atoms with van der Waals surface area (Å²) in [6.07, 6.45) is 2.23. The molecule has 0 spiro atoms. The largest absolute Gasteiger partial charge is 0.502 e. The number of nitrogens with one attached hydrogen (secondary N) is 1. The highest BCUT2D eigenvalue weighted by molar-refractivity contribution is 5.99. The fraction of sp³-hybridized carbons (Fsp3) is 0.348. The van der Waals surface area contributed by atoms with E-state index in [1.54, 1.807) is 11.9 Å². The Morgan fingerprint density at radius 2 is 2.03 bits per heavy atom. The van der Waals surface area contributed by atoms with Crippen LogP contribution in [0.25, 0.3) is 0 Å². The topological polar surface area (TPSA) is 94.9 Å². The van der Waals surface area contributed by atoms with Gasteiger partial charge in [0.2, 0.25) is 5.43 Å². The summed E-state index contributed by atoms with van der Waals surface area (Å²) in [5, 5.41) is 14.8. The van der Waals surface area contributed by atoms with Crippen LogP contribution in [0.1, 0.15) is 51.7 Å². The molecule has 1 saturated heterocycles. The lowest BCUT2D eigenvalue weighted by molar-refractivity contribution is 0.0602. The number of aromatic hydroxyl groups is 1. The van der Waals surface area contributed by atoms with E-state index in [4.69, 9.17) is 0 Å². The van der Waals surface area contributed by atoms with Gasteiger partial charge < -0.3 is 15.3 Å². The Morgan fingerprint density at radius 1 is 1.30 bits per heavy atom. The summed E-state index contributed by atoms with van der Waals surface area (Å²) in [5.41, 5.74) is -0.941. The third-order valence-electron chi connectivity index (χ3n) is 6.16. The minimum atomic E-state index is -1.01. The second-order valence-corrected chi connectivity index (χ2v) is 8.13. The highest BCUT2D eigenvalue weighted by atomic mass is 19.1. The lowest BCUT2D eigenvalue weighted by Crippen LogP contribution is -2.63. The number of likely N-dealkylation sites (N-methyl/N-ethyl adjacent to an activating group) is 1. The van der Waals surface area contributed by atoms with Gasteiger partial charge in [0.1, 0.15) is 23.4 Å². The summed E-state index contributed by atoms with van der Waals surface area (Å²) < 4.78 is 29.1. The summed E-state index contributed by atoms with van der Waals surface area (Å²) in [4.78, 5) is 40.2. The van der Waals surface area contributed by atoms with Crippen LogP contribution in [0, 0.1) is 18.6 Å². The Bertz CT molecular complexity index is 1240. The monoisotopic (exact) mass is 458 g/mol. The number of carbonyl (C=O) groups excluding carboxylic acids is 2. The number of rotatable bonds is 4. The van der Waals surface area contributed by atoms with Gasteiger partial charge in [-0.1, -0.05) is 12.6 Å². The van der Waals surface area contributed by atoms with E-state index < -0.39 is 46.4 Å². The fourth-order valence-corrected chi connectivity index (χ4v) is 4.38. The molecule has 0 aliphatic carbocycles. The molecule has 2 aliphatic rings. The number of aromatic nitrogens is 1. The molecule has 2 N–H and O–H groups in total. The van der Waals surface area contributed by atoms with Gasteiger partial charge in [-0.15, -0.1) is 0 Å². The standard InChI is InChI=1S/C23H24F2N4O4/c1-4-27-22-12(2)6-5-9-28(22)29-11-15(19(30)20(31)18(29)23(27)33)21(32)26-10-14-7-8-16(24)13(3)17(14)25/h7-8,11,22,31H,2,4-6,9-10H2,1,3H3,(H,26,32)/t22-/m0/s1. The molecule has 10 heteroatoms. The first-order valence-corrected chi connectivity index (χ1v) is 10.6. The summed E-state index contributed by atoms with van der Waals surface area (Å²) in [6, 6.07) is 2.30. The predicted molar refractivity (Wildman–Crippen MR) is 117 cm³/mol. The minimum absolute atomic E-state index is 0.0469. The van der Waals surface area contributed by atoms with Crippen molar-refractivity contribution in [3.63, 3.8) is 0 Å². The number of benzene rings is 1. The van der Waals surface area contributed by atoms with Gasteiger partial charge in [-0.2, -0.15) is 0 Å². The van der Waals surface area contributed by atoms with Gasteiger partial charge in [-0.3, -0.25) is 24.1 Å². The van der Waals surface area contributed by atoms with Crippen molar-refractivity contribution < 1.29 is 23.5 Å². The molecule has 3 heterocycles. The van der Waals surface area contributed by atoms with E-state index in [0.29, 0.717) is 13.1 Å². The third kappa shape index (κ3) is 3.55. The van der Waals surface area contributed by atoms with Gasteiger partial charge in [0.05, 0.1) is 0 Å². The number of carbonyl (C=O) groups is 2. The number of fused-ring (bicyclic) bond motifs is 3. The van der Waals surface area contributed by atoms with Gasteiger partial charge in [0, 0.05) is 37.0 Å². The van der Waals surface area contributed by atoms with Crippen LogP contribution >= 0.6 is 0 Å². The van der Waals surface area contributed by atoms with Gasteiger partial charge in [0.15, 0.2) is 11.4 Å². The van der Waals surface area contributed by atoms with E-state index in [-0.39, 0.29) is 23.4 Å². The van der Waals surface area contributed by atoms with Crippen molar-refractivity contribution in [3.8, 4) is 5.75 Å². The smallest absolute Gasteiger partial charge is 0.278 e. The maximum absolute atomic E-state index is 14.3. The fourth-order valence-electron chi connectivity index (χ4n) is 4.38. The van der Waals surface area contributed by atoms with Crippen molar-refractivity contribution in [1.82, 2.24) is 14.9 Å². The first-order chi connectivity index (χ1) is 15.7. The van der Waals surface area contributed by atoms with Gasteiger partial charge in [-0.25, -0.2) is 8.78 Å². The molecule has 8 nitrogen and oxygen atoms in total. The highest BCUT2D eigenvalue weighted by Gasteiger charge is 2.42. The number of hydrogen-bond acceptors (Lipinski definition) is 5. The molecule has 1 fully saturated rings. The van der Waals surface area contributed by atoms with Crippen LogP contribution in [0.15, 0.2) is 35.3 Å². The van der Waals surface area contributed by atoms with Crippen molar-refractivity contribution >= 4 is 11.8 Å². The average Bonchev–Trinajstić information content (AvgIpc) is 2.79. The van der Waals surface area contributed by atoms with Crippen molar-refractivity contribution in [1.29, 1.82) is 0 Å². The van der Waals surface area contributed by atoms with Crippen LogP contribution in [0.5, 0.6) is 5.75 Å². The first kappa shape index (κ1) is 22.5. The van der Waals surface area contributed by atoms with Crippen LogP contribution in [0.3, 0.4) is 0 Å². The van der Waals surface area contributed by atoms with Crippen molar-refractivity contribution in [2.24, 2.45) is 0 Å². The van der Waals surface area contributed by atoms with Crippen LogP contribution in [0.4, 0.5) is 8.78 Å². The van der Waals surface area contributed by atoms with Crippen LogP contribution in [-0.2, 0) is 6.54 Å². The molecule has 1 atom stereocenters. The van der Waals surface area contributed by atoms with E-state index in [2.05, 4.69) is 11.9 Å². The van der Waals surface area contributed by atoms with Crippen LogP contribution in [-0.4, -0.2) is 45.8 Å². The Balaban J connectivity index is 1.71. The minimum Gasteiger partial charge on any atom is -0.502 e. The summed E-state index contributed by atoms with van der Waals surface area (Å²) >= 11 is 0. The number of pyridine rings is 1. The summed E-state index contributed by atoms with van der Waals surface area (Å²) in [5.74, 6) is -3.72. The van der Waals surface area contributed by atoms with E-state index >= 15 is 0 Å². The zero-order valence-electron chi connectivity index (χ0n) is 18.3. The first-order valence-electron chi connectivity index (χ1n) is 10.6.